The molecule has 0 saturated carbocycles. The number of carbonyl (C=O) groups excluding carboxylic acids is 2. The molecular formula is C20H25NO4S. The van der Waals surface area contributed by atoms with Gasteiger partial charge in [-0.1, -0.05) is 25.5 Å². The van der Waals surface area contributed by atoms with Crippen molar-refractivity contribution >= 4 is 23.2 Å². The molecule has 1 heterocycles. The predicted octanol–water partition coefficient (Wildman–Crippen LogP) is 3.88. The fraction of sp³-hybridized carbons (Fsp3) is 0.400. The Morgan fingerprint density at radius 3 is 2.54 bits per heavy atom. The summed E-state index contributed by atoms with van der Waals surface area (Å²) in [6.07, 6.45) is 1.11. The summed E-state index contributed by atoms with van der Waals surface area (Å²) in [5.74, 6) is -0.0140. The van der Waals surface area contributed by atoms with E-state index in [2.05, 4.69) is 12.2 Å². The van der Waals surface area contributed by atoms with Crippen LogP contribution < -0.4 is 10.1 Å². The minimum atomic E-state index is -0.849. The Morgan fingerprint density at radius 2 is 1.92 bits per heavy atom. The average molecular weight is 375 g/mol. The van der Waals surface area contributed by atoms with Crippen LogP contribution in [0.5, 0.6) is 5.75 Å². The van der Waals surface area contributed by atoms with Gasteiger partial charge < -0.3 is 14.8 Å². The summed E-state index contributed by atoms with van der Waals surface area (Å²) < 4.78 is 10.4. The summed E-state index contributed by atoms with van der Waals surface area (Å²) in [6.45, 7) is 6.04. The number of hydrogen-bond donors (Lipinski definition) is 1. The number of carbonyl (C=O) groups is 2. The van der Waals surface area contributed by atoms with Crippen LogP contribution in [0, 0.1) is 6.92 Å². The molecule has 1 aromatic carbocycles. The quantitative estimate of drug-likeness (QED) is 0.711. The number of aryl methyl sites for hydroxylation is 2. The van der Waals surface area contributed by atoms with Crippen LogP contribution in [0.2, 0.25) is 0 Å². The highest BCUT2D eigenvalue weighted by Crippen LogP contribution is 2.24. The monoisotopic (exact) mass is 375 g/mol. The molecule has 1 N–H and O–H groups in total. The Balaban J connectivity index is 1.87. The van der Waals surface area contributed by atoms with Gasteiger partial charge in [0.1, 0.15) is 10.6 Å². The first-order chi connectivity index (χ1) is 12.4. The number of ether oxygens (including phenoxy) is 2. The maximum atomic E-state index is 12.3. The van der Waals surface area contributed by atoms with Crippen LogP contribution in [0.15, 0.2) is 30.3 Å². The van der Waals surface area contributed by atoms with Crippen LogP contribution in [0.1, 0.15) is 45.9 Å². The Morgan fingerprint density at radius 1 is 1.23 bits per heavy atom. The van der Waals surface area contributed by atoms with Crippen molar-refractivity contribution in [2.45, 2.75) is 46.3 Å². The third kappa shape index (κ3) is 5.33. The molecule has 1 atom stereocenters. The standard InChI is InChI=1S/C20H25NO4S/c1-5-6-16-11-18(26-14(16)3)20(23)25-13(2)19(22)21-12-15-7-9-17(24-4)10-8-15/h7-11,13H,5-6,12H2,1-4H3,(H,21,22)/t13-/m0/s1. The highest BCUT2D eigenvalue weighted by atomic mass is 32.1. The van der Waals surface area contributed by atoms with Gasteiger partial charge in [0.15, 0.2) is 6.10 Å². The highest BCUT2D eigenvalue weighted by Gasteiger charge is 2.20. The third-order valence-corrected chi connectivity index (χ3v) is 5.09. The Bertz CT molecular complexity index is 752. The molecule has 0 saturated heterocycles. The number of thiophene rings is 1. The molecule has 26 heavy (non-hydrogen) atoms. The fourth-order valence-corrected chi connectivity index (χ4v) is 3.44. The number of methoxy groups -OCH3 is 1. The average Bonchev–Trinajstić information content (AvgIpc) is 3.01. The van der Waals surface area contributed by atoms with E-state index in [9.17, 15) is 9.59 Å². The molecule has 0 bridgehead atoms. The maximum Gasteiger partial charge on any atom is 0.349 e. The van der Waals surface area contributed by atoms with E-state index in [1.54, 1.807) is 14.0 Å². The summed E-state index contributed by atoms with van der Waals surface area (Å²) in [6, 6.07) is 9.28. The fourth-order valence-electron chi connectivity index (χ4n) is 2.49. The van der Waals surface area contributed by atoms with E-state index in [4.69, 9.17) is 9.47 Å². The molecule has 140 valence electrons. The van der Waals surface area contributed by atoms with Crippen molar-refractivity contribution in [2.24, 2.45) is 0 Å². The van der Waals surface area contributed by atoms with Gasteiger partial charge in [0.2, 0.25) is 0 Å². The van der Waals surface area contributed by atoms with Gasteiger partial charge in [-0.2, -0.15) is 0 Å². The largest absolute Gasteiger partial charge is 0.497 e. The van der Waals surface area contributed by atoms with E-state index in [0.29, 0.717) is 11.4 Å². The topological polar surface area (TPSA) is 64.6 Å². The van der Waals surface area contributed by atoms with Crippen LogP contribution in [-0.4, -0.2) is 25.1 Å². The third-order valence-electron chi connectivity index (χ3n) is 4.02. The van der Waals surface area contributed by atoms with Crippen molar-refractivity contribution in [3.05, 3.63) is 51.2 Å². The Labute approximate surface area is 158 Å². The molecule has 2 aromatic rings. The zero-order valence-electron chi connectivity index (χ0n) is 15.6. The van der Waals surface area contributed by atoms with E-state index < -0.39 is 12.1 Å². The lowest BCUT2D eigenvalue weighted by Gasteiger charge is -2.13. The van der Waals surface area contributed by atoms with Crippen LogP contribution in [-0.2, 0) is 22.5 Å². The molecular weight excluding hydrogens is 350 g/mol. The number of benzene rings is 1. The minimum absolute atomic E-state index is 0.323. The second-order valence-electron chi connectivity index (χ2n) is 6.06. The van der Waals surface area contributed by atoms with Gasteiger partial charge in [-0.3, -0.25) is 4.79 Å². The van der Waals surface area contributed by atoms with Crippen molar-refractivity contribution in [3.8, 4) is 5.75 Å². The van der Waals surface area contributed by atoms with Gasteiger partial charge in [-0.15, -0.1) is 11.3 Å². The van der Waals surface area contributed by atoms with Crippen molar-refractivity contribution in [3.63, 3.8) is 0 Å². The molecule has 0 spiro atoms. The second kappa shape index (κ2) is 9.38. The van der Waals surface area contributed by atoms with Crippen molar-refractivity contribution < 1.29 is 19.1 Å². The van der Waals surface area contributed by atoms with E-state index in [1.807, 2.05) is 37.3 Å². The Hall–Kier alpha value is -2.34. The molecule has 1 aromatic heterocycles. The molecule has 2 rings (SSSR count). The van der Waals surface area contributed by atoms with Crippen molar-refractivity contribution in [2.75, 3.05) is 7.11 Å². The smallest absolute Gasteiger partial charge is 0.349 e. The molecule has 1 amide bonds. The van der Waals surface area contributed by atoms with Gasteiger partial charge in [-0.25, -0.2) is 4.79 Å². The summed E-state index contributed by atoms with van der Waals surface area (Å²) in [4.78, 5) is 26.1. The van der Waals surface area contributed by atoms with Crippen LogP contribution in [0.4, 0.5) is 0 Å². The number of amides is 1. The lowest BCUT2D eigenvalue weighted by molar-refractivity contribution is -0.129. The Kier molecular flexibility index (Phi) is 7.21. The summed E-state index contributed by atoms with van der Waals surface area (Å²) in [7, 11) is 1.60. The van der Waals surface area contributed by atoms with Gasteiger partial charge >= 0.3 is 5.97 Å². The van der Waals surface area contributed by atoms with E-state index >= 15 is 0 Å². The van der Waals surface area contributed by atoms with Gasteiger partial charge in [0.05, 0.1) is 7.11 Å². The molecule has 0 aliphatic carbocycles. The van der Waals surface area contributed by atoms with Gasteiger partial charge in [0.25, 0.3) is 5.91 Å². The van der Waals surface area contributed by atoms with Crippen molar-refractivity contribution in [1.29, 1.82) is 0 Å². The molecule has 6 heteroatoms. The van der Waals surface area contributed by atoms with Gasteiger partial charge in [0, 0.05) is 11.4 Å². The van der Waals surface area contributed by atoms with Crippen molar-refractivity contribution in [1.82, 2.24) is 5.32 Å². The zero-order valence-corrected chi connectivity index (χ0v) is 16.4. The van der Waals surface area contributed by atoms with E-state index in [1.165, 1.54) is 16.9 Å². The molecule has 0 unspecified atom stereocenters. The molecule has 0 radical (unpaired) electrons. The zero-order chi connectivity index (χ0) is 19.1. The van der Waals surface area contributed by atoms with Crippen LogP contribution in [0.25, 0.3) is 0 Å². The molecule has 5 nitrogen and oxygen atoms in total. The second-order valence-corrected chi connectivity index (χ2v) is 7.31. The summed E-state index contributed by atoms with van der Waals surface area (Å²) in [5, 5.41) is 2.78. The maximum absolute atomic E-state index is 12.3. The summed E-state index contributed by atoms with van der Waals surface area (Å²) >= 11 is 1.41. The first-order valence-electron chi connectivity index (χ1n) is 8.65. The minimum Gasteiger partial charge on any atom is -0.497 e. The lowest BCUT2D eigenvalue weighted by Crippen LogP contribution is -2.35. The normalized spacial score (nSPS) is 11.7. The first-order valence-corrected chi connectivity index (χ1v) is 9.47. The lowest BCUT2D eigenvalue weighted by atomic mass is 10.1. The van der Waals surface area contributed by atoms with Gasteiger partial charge in [-0.05, 0) is 49.6 Å². The predicted molar refractivity (Wildman–Crippen MR) is 103 cm³/mol. The molecule has 0 aliphatic rings. The SMILES string of the molecule is CCCc1cc(C(=O)O[C@@H](C)C(=O)NCc2ccc(OC)cc2)sc1C. The summed E-state index contributed by atoms with van der Waals surface area (Å²) in [5.41, 5.74) is 2.11. The van der Waals surface area contributed by atoms with Crippen LogP contribution in [0.3, 0.4) is 0 Å². The number of nitrogens with one attached hydrogen (secondary N) is 1. The van der Waals surface area contributed by atoms with E-state index in [-0.39, 0.29) is 5.91 Å². The number of esters is 1. The molecule has 0 aliphatic heterocycles. The number of rotatable bonds is 8. The highest BCUT2D eigenvalue weighted by molar-refractivity contribution is 7.14. The molecule has 0 fully saturated rings. The van der Waals surface area contributed by atoms with E-state index in [0.717, 1.165) is 29.0 Å². The van der Waals surface area contributed by atoms with Crippen LogP contribution >= 0.6 is 11.3 Å². The number of hydrogen-bond acceptors (Lipinski definition) is 5. The first kappa shape index (κ1) is 20.0.